The molecule has 142 valence electrons. The van der Waals surface area contributed by atoms with Crippen molar-refractivity contribution in [3.8, 4) is 0 Å². The molecule has 2 unspecified atom stereocenters. The zero-order valence-corrected chi connectivity index (χ0v) is 16.7. The Labute approximate surface area is 162 Å². The van der Waals surface area contributed by atoms with Gasteiger partial charge in [0.15, 0.2) is 0 Å². The Balaban J connectivity index is 1.42. The van der Waals surface area contributed by atoms with Gasteiger partial charge in [0.05, 0.1) is 18.4 Å². The van der Waals surface area contributed by atoms with Crippen molar-refractivity contribution in [1.29, 1.82) is 0 Å². The van der Waals surface area contributed by atoms with E-state index in [1.807, 2.05) is 6.92 Å². The molecule has 0 radical (unpaired) electrons. The van der Waals surface area contributed by atoms with Crippen LogP contribution < -0.4 is 0 Å². The largest absolute Gasteiger partial charge is 0.377 e. The van der Waals surface area contributed by atoms with Crippen molar-refractivity contribution < 1.29 is 4.74 Å². The molecular formula is C24H30N2O. The summed E-state index contributed by atoms with van der Waals surface area (Å²) in [5.74, 6) is 1.37. The highest BCUT2D eigenvalue weighted by molar-refractivity contribution is 5.82. The van der Waals surface area contributed by atoms with E-state index in [0.29, 0.717) is 11.3 Å². The molecule has 1 heterocycles. The van der Waals surface area contributed by atoms with E-state index in [-0.39, 0.29) is 6.10 Å². The van der Waals surface area contributed by atoms with Crippen LogP contribution in [0.4, 0.5) is 0 Å². The minimum atomic E-state index is 0.265. The number of H-pyrrole nitrogens is 1. The van der Waals surface area contributed by atoms with Crippen LogP contribution in [0, 0.1) is 12.3 Å². The number of aromatic nitrogens is 2. The van der Waals surface area contributed by atoms with Gasteiger partial charge in [-0.05, 0) is 54.4 Å². The topological polar surface area (TPSA) is 37.9 Å². The summed E-state index contributed by atoms with van der Waals surface area (Å²) in [5, 5.41) is 2.60. The Bertz CT molecular complexity index is 911. The smallest absolute Gasteiger partial charge is 0.103 e. The summed E-state index contributed by atoms with van der Waals surface area (Å²) in [6.07, 6.45) is 6.76. The Morgan fingerprint density at radius 2 is 1.96 bits per heavy atom. The van der Waals surface area contributed by atoms with E-state index in [0.717, 1.165) is 37.4 Å². The molecule has 1 saturated carbocycles. The first kappa shape index (κ1) is 18.2. The lowest BCUT2D eigenvalue weighted by Gasteiger charge is -2.40. The molecule has 1 aliphatic rings. The van der Waals surface area contributed by atoms with Crippen molar-refractivity contribution >= 4 is 10.8 Å². The molecule has 3 heteroatoms. The van der Waals surface area contributed by atoms with Crippen LogP contribution in [-0.2, 0) is 11.2 Å². The van der Waals surface area contributed by atoms with Crippen LogP contribution >= 0.6 is 0 Å². The number of aromatic amines is 1. The van der Waals surface area contributed by atoms with Gasteiger partial charge in [-0.1, -0.05) is 56.3 Å². The second kappa shape index (κ2) is 7.47. The van der Waals surface area contributed by atoms with Crippen LogP contribution in [0.2, 0.25) is 0 Å². The third-order valence-corrected chi connectivity index (χ3v) is 5.97. The molecule has 0 saturated heterocycles. The fraction of sp³-hybridized carbons (Fsp3) is 0.458. The summed E-state index contributed by atoms with van der Waals surface area (Å²) in [6, 6.07) is 15.3. The first-order valence-corrected chi connectivity index (χ1v) is 10.1. The quantitative estimate of drug-likeness (QED) is 0.623. The van der Waals surface area contributed by atoms with Gasteiger partial charge in [-0.15, -0.1) is 0 Å². The van der Waals surface area contributed by atoms with E-state index in [9.17, 15) is 0 Å². The summed E-state index contributed by atoms with van der Waals surface area (Å²) < 4.78 is 6.41. The number of nitrogens with one attached hydrogen (secondary N) is 1. The highest BCUT2D eigenvalue weighted by Gasteiger charge is 2.37. The molecule has 0 bridgehead atoms. The third-order valence-electron chi connectivity index (χ3n) is 5.97. The highest BCUT2D eigenvalue weighted by Crippen LogP contribution is 2.44. The Morgan fingerprint density at radius 3 is 2.74 bits per heavy atom. The number of nitrogens with zero attached hydrogens (tertiary/aromatic N) is 1. The fourth-order valence-electron chi connectivity index (χ4n) is 4.41. The molecule has 1 fully saturated rings. The molecule has 1 N–H and O–H groups in total. The number of ether oxygens (including phenoxy) is 1. The van der Waals surface area contributed by atoms with E-state index < -0.39 is 0 Å². The van der Waals surface area contributed by atoms with E-state index in [1.165, 1.54) is 22.8 Å². The van der Waals surface area contributed by atoms with E-state index >= 15 is 0 Å². The number of rotatable bonds is 5. The highest BCUT2D eigenvalue weighted by atomic mass is 16.5. The number of fused-ring (bicyclic) bond motifs is 1. The summed E-state index contributed by atoms with van der Waals surface area (Å²) in [7, 11) is 0. The average molecular weight is 363 g/mol. The molecule has 3 nitrogen and oxygen atoms in total. The van der Waals surface area contributed by atoms with Crippen LogP contribution in [0.5, 0.6) is 0 Å². The van der Waals surface area contributed by atoms with Gasteiger partial charge in [-0.3, -0.25) is 0 Å². The first-order valence-electron chi connectivity index (χ1n) is 10.1. The van der Waals surface area contributed by atoms with Crippen molar-refractivity contribution in [1.82, 2.24) is 9.97 Å². The van der Waals surface area contributed by atoms with E-state index in [4.69, 9.17) is 9.72 Å². The van der Waals surface area contributed by atoms with Crippen molar-refractivity contribution in [2.24, 2.45) is 5.41 Å². The molecule has 1 aliphatic carbocycles. The standard InChI is InChI=1S/C24H30N2O/c1-17-25-16-22(26-17)21-15-24(2,3)12-10-23(21)27-13-11-18-8-9-19-6-4-5-7-20(19)14-18/h4-9,14,16,21,23H,10-13,15H2,1-3H3,(H,25,26). The number of hydrogen-bond donors (Lipinski definition) is 1. The second-order valence-electron chi connectivity index (χ2n) is 8.77. The molecule has 3 aromatic rings. The lowest BCUT2D eigenvalue weighted by atomic mass is 9.70. The van der Waals surface area contributed by atoms with Gasteiger partial charge < -0.3 is 9.72 Å². The van der Waals surface area contributed by atoms with Gasteiger partial charge in [0.2, 0.25) is 0 Å². The predicted octanol–water partition coefficient (Wildman–Crippen LogP) is 5.79. The maximum absolute atomic E-state index is 6.41. The summed E-state index contributed by atoms with van der Waals surface area (Å²) in [6.45, 7) is 7.52. The molecule has 2 atom stereocenters. The van der Waals surface area contributed by atoms with Crippen molar-refractivity contribution in [3.05, 3.63) is 65.7 Å². The van der Waals surface area contributed by atoms with E-state index in [2.05, 4.69) is 67.5 Å². The fourth-order valence-corrected chi connectivity index (χ4v) is 4.41. The molecule has 0 spiro atoms. The van der Waals surface area contributed by atoms with Crippen molar-refractivity contribution in [3.63, 3.8) is 0 Å². The number of benzene rings is 2. The van der Waals surface area contributed by atoms with Gasteiger partial charge in [0.25, 0.3) is 0 Å². The van der Waals surface area contributed by atoms with Gasteiger partial charge >= 0.3 is 0 Å². The lowest BCUT2D eigenvalue weighted by Crippen LogP contribution is -2.34. The van der Waals surface area contributed by atoms with Crippen LogP contribution in [0.1, 0.15) is 56.1 Å². The molecule has 2 aromatic carbocycles. The van der Waals surface area contributed by atoms with Crippen molar-refractivity contribution in [2.45, 2.75) is 58.5 Å². The normalized spacial score (nSPS) is 22.2. The zero-order valence-electron chi connectivity index (χ0n) is 16.7. The Hall–Kier alpha value is -2.13. The molecule has 4 rings (SSSR count). The SMILES string of the molecule is Cc1nc(C2CC(C)(C)CCC2OCCc2ccc3ccccc3c2)c[nH]1. The molecule has 1 aromatic heterocycles. The first-order chi connectivity index (χ1) is 13.0. The van der Waals surface area contributed by atoms with Crippen LogP contribution in [0.15, 0.2) is 48.7 Å². The number of hydrogen-bond acceptors (Lipinski definition) is 2. The van der Waals surface area contributed by atoms with Crippen LogP contribution in [0.25, 0.3) is 10.8 Å². The Morgan fingerprint density at radius 1 is 1.15 bits per heavy atom. The number of aryl methyl sites for hydroxylation is 1. The predicted molar refractivity (Wildman–Crippen MR) is 111 cm³/mol. The molecule has 0 amide bonds. The van der Waals surface area contributed by atoms with Gasteiger partial charge in [0, 0.05) is 12.1 Å². The zero-order chi connectivity index (χ0) is 18.9. The number of imidazole rings is 1. The maximum Gasteiger partial charge on any atom is 0.103 e. The third kappa shape index (κ3) is 4.24. The molecule has 0 aliphatic heterocycles. The van der Waals surface area contributed by atoms with Gasteiger partial charge in [-0.2, -0.15) is 0 Å². The summed E-state index contributed by atoms with van der Waals surface area (Å²) in [4.78, 5) is 7.96. The minimum Gasteiger partial charge on any atom is -0.377 e. The average Bonchev–Trinajstić information content (AvgIpc) is 3.09. The summed E-state index contributed by atoms with van der Waals surface area (Å²) >= 11 is 0. The van der Waals surface area contributed by atoms with Crippen molar-refractivity contribution in [2.75, 3.05) is 6.61 Å². The maximum atomic E-state index is 6.41. The van der Waals surface area contributed by atoms with E-state index in [1.54, 1.807) is 0 Å². The second-order valence-corrected chi connectivity index (χ2v) is 8.77. The van der Waals surface area contributed by atoms with Crippen LogP contribution in [-0.4, -0.2) is 22.7 Å². The minimum absolute atomic E-state index is 0.265. The Kier molecular flexibility index (Phi) is 5.05. The van der Waals surface area contributed by atoms with Gasteiger partial charge in [0.1, 0.15) is 5.82 Å². The lowest BCUT2D eigenvalue weighted by molar-refractivity contribution is -0.0121. The molecule has 27 heavy (non-hydrogen) atoms. The molecular weight excluding hydrogens is 332 g/mol. The van der Waals surface area contributed by atoms with Gasteiger partial charge in [-0.25, -0.2) is 4.98 Å². The monoisotopic (exact) mass is 362 g/mol. The van der Waals surface area contributed by atoms with Crippen LogP contribution in [0.3, 0.4) is 0 Å². The summed E-state index contributed by atoms with van der Waals surface area (Å²) in [5.41, 5.74) is 2.86.